The number of aromatic nitrogens is 3. The Morgan fingerprint density at radius 3 is 2.89 bits per heavy atom. The number of amides is 1. The lowest BCUT2D eigenvalue weighted by Gasteiger charge is -2.25. The standard InChI is InChI=1S/C21H23N5O2/c1-24-18-13-25(14-19(18)28-8-7-20(24)27)11-15-9-22-21-17(10-23-26(21)12-15)16-5-3-2-4-6-16/h2-6,9-10,12,18-19H,7-8,11,13-14H2,1H3/t18-,19-/m0/s1. The molecule has 2 aliphatic rings. The smallest absolute Gasteiger partial charge is 0.225 e. The number of nitrogens with zero attached hydrogens (tertiary/aromatic N) is 5. The molecule has 2 fully saturated rings. The Morgan fingerprint density at radius 2 is 2.04 bits per heavy atom. The third-order valence-electron chi connectivity index (χ3n) is 5.75. The van der Waals surface area contributed by atoms with Crippen LogP contribution in [-0.4, -0.2) is 69.2 Å². The summed E-state index contributed by atoms with van der Waals surface area (Å²) in [5.74, 6) is 0.169. The van der Waals surface area contributed by atoms with Crippen LogP contribution >= 0.6 is 0 Å². The maximum absolute atomic E-state index is 12.1. The minimum absolute atomic E-state index is 0.0857. The molecule has 2 atom stereocenters. The van der Waals surface area contributed by atoms with E-state index >= 15 is 0 Å². The van der Waals surface area contributed by atoms with Gasteiger partial charge in [-0.05, 0) is 5.56 Å². The topological polar surface area (TPSA) is 63.0 Å². The molecule has 0 saturated carbocycles. The molecule has 28 heavy (non-hydrogen) atoms. The summed E-state index contributed by atoms with van der Waals surface area (Å²) in [5.41, 5.74) is 4.10. The molecule has 2 aliphatic heterocycles. The zero-order valence-electron chi connectivity index (χ0n) is 15.9. The van der Waals surface area contributed by atoms with Crippen LogP contribution in [0.4, 0.5) is 0 Å². The molecule has 0 N–H and O–H groups in total. The summed E-state index contributed by atoms with van der Waals surface area (Å²) >= 11 is 0. The van der Waals surface area contributed by atoms with Crippen molar-refractivity contribution < 1.29 is 9.53 Å². The highest BCUT2D eigenvalue weighted by Gasteiger charge is 2.39. The molecule has 7 nitrogen and oxygen atoms in total. The van der Waals surface area contributed by atoms with Crippen molar-refractivity contribution in [1.29, 1.82) is 0 Å². The van der Waals surface area contributed by atoms with E-state index in [0.717, 1.165) is 42.0 Å². The lowest BCUT2D eigenvalue weighted by atomic mass is 10.1. The van der Waals surface area contributed by atoms with Crippen LogP contribution in [0.15, 0.2) is 48.9 Å². The zero-order valence-corrected chi connectivity index (χ0v) is 15.9. The zero-order chi connectivity index (χ0) is 19.1. The first kappa shape index (κ1) is 17.3. The van der Waals surface area contributed by atoms with Gasteiger partial charge in [-0.2, -0.15) is 5.10 Å². The Bertz CT molecular complexity index is 1000. The lowest BCUT2D eigenvalue weighted by molar-refractivity contribution is -0.131. The van der Waals surface area contributed by atoms with E-state index in [2.05, 4.69) is 27.1 Å². The van der Waals surface area contributed by atoms with Crippen molar-refractivity contribution in [3.63, 3.8) is 0 Å². The van der Waals surface area contributed by atoms with E-state index in [1.165, 1.54) is 0 Å². The molecule has 1 amide bonds. The number of rotatable bonds is 3. The number of carbonyl (C=O) groups excluding carboxylic acids is 1. The third kappa shape index (κ3) is 3.06. The van der Waals surface area contributed by atoms with Crippen molar-refractivity contribution >= 4 is 11.6 Å². The SMILES string of the molecule is CN1C(=O)CCO[C@H]2CN(Cc3cnc4c(-c5ccccc5)cnn4c3)C[C@@H]21. The summed E-state index contributed by atoms with van der Waals surface area (Å²) < 4.78 is 7.77. The van der Waals surface area contributed by atoms with Crippen molar-refractivity contribution in [2.75, 3.05) is 26.7 Å². The van der Waals surface area contributed by atoms with Crippen LogP contribution in [-0.2, 0) is 16.1 Å². The van der Waals surface area contributed by atoms with Crippen LogP contribution in [0.2, 0.25) is 0 Å². The molecular formula is C21H23N5O2. The number of hydrogen-bond donors (Lipinski definition) is 0. The fraction of sp³-hybridized carbons (Fsp3) is 0.381. The van der Waals surface area contributed by atoms with Gasteiger partial charge in [0.1, 0.15) is 0 Å². The van der Waals surface area contributed by atoms with E-state index in [9.17, 15) is 4.79 Å². The Morgan fingerprint density at radius 1 is 1.18 bits per heavy atom. The number of ether oxygens (including phenoxy) is 1. The molecule has 144 valence electrons. The number of likely N-dealkylation sites (tertiary alicyclic amines) is 1. The van der Waals surface area contributed by atoms with Gasteiger partial charge in [-0.25, -0.2) is 9.50 Å². The molecule has 2 aromatic heterocycles. The van der Waals surface area contributed by atoms with Gasteiger partial charge in [-0.3, -0.25) is 9.69 Å². The number of likely N-dealkylation sites (N-methyl/N-ethyl adjacent to an activating group) is 1. The van der Waals surface area contributed by atoms with Crippen LogP contribution in [0.3, 0.4) is 0 Å². The van der Waals surface area contributed by atoms with Crippen LogP contribution in [0.1, 0.15) is 12.0 Å². The molecule has 0 spiro atoms. The summed E-state index contributed by atoms with van der Waals surface area (Å²) in [6, 6.07) is 10.3. The summed E-state index contributed by atoms with van der Waals surface area (Å²) in [6.45, 7) is 2.93. The number of carbonyl (C=O) groups is 1. The number of hydrogen-bond acceptors (Lipinski definition) is 5. The monoisotopic (exact) mass is 377 g/mol. The largest absolute Gasteiger partial charge is 0.374 e. The molecule has 0 bridgehead atoms. The van der Waals surface area contributed by atoms with E-state index in [-0.39, 0.29) is 18.1 Å². The second kappa shape index (κ2) is 7.00. The van der Waals surface area contributed by atoms with Gasteiger partial charge in [0.2, 0.25) is 5.91 Å². The third-order valence-corrected chi connectivity index (χ3v) is 5.75. The molecule has 3 aromatic rings. The van der Waals surface area contributed by atoms with E-state index < -0.39 is 0 Å². The van der Waals surface area contributed by atoms with Crippen molar-refractivity contribution in [2.24, 2.45) is 0 Å². The molecule has 0 radical (unpaired) electrons. The van der Waals surface area contributed by atoms with Gasteiger partial charge in [0, 0.05) is 50.2 Å². The maximum Gasteiger partial charge on any atom is 0.225 e. The van der Waals surface area contributed by atoms with E-state index in [1.54, 1.807) is 0 Å². The van der Waals surface area contributed by atoms with Crippen LogP contribution in [0.25, 0.3) is 16.8 Å². The van der Waals surface area contributed by atoms with Gasteiger partial charge >= 0.3 is 0 Å². The fourth-order valence-electron chi connectivity index (χ4n) is 4.23. The maximum atomic E-state index is 12.1. The Hall–Kier alpha value is -2.77. The van der Waals surface area contributed by atoms with Crippen LogP contribution in [0.5, 0.6) is 0 Å². The second-order valence-corrected chi connectivity index (χ2v) is 7.58. The molecule has 4 heterocycles. The first-order chi connectivity index (χ1) is 13.7. The number of fused-ring (bicyclic) bond motifs is 2. The highest BCUT2D eigenvalue weighted by Crippen LogP contribution is 2.25. The predicted octanol–water partition coefficient (Wildman–Crippen LogP) is 1.83. The van der Waals surface area contributed by atoms with Gasteiger partial charge in [0.15, 0.2) is 5.65 Å². The molecule has 5 rings (SSSR count). The first-order valence-electron chi connectivity index (χ1n) is 9.66. The lowest BCUT2D eigenvalue weighted by Crippen LogP contribution is -2.42. The normalized spacial score (nSPS) is 23.2. The first-order valence-corrected chi connectivity index (χ1v) is 9.66. The van der Waals surface area contributed by atoms with Gasteiger partial charge in [0.25, 0.3) is 0 Å². The molecular weight excluding hydrogens is 354 g/mol. The summed E-state index contributed by atoms with van der Waals surface area (Å²) in [4.78, 5) is 21.0. The Labute approximate surface area is 163 Å². The second-order valence-electron chi connectivity index (χ2n) is 7.58. The predicted molar refractivity (Wildman–Crippen MR) is 105 cm³/mol. The average molecular weight is 377 g/mol. The minimum atomic E-state index is 0.0857. The molecule has 7 heteroatoms. The van der Waals surface area contributed by atoms with Crippen molar-refractivity contribution in [2.45, 2.75) is 25.1 Å². The van der Waals surface area contributed by atoms with Crippen LogP contribution in [0, 0.1) is 0 Å². The van der Waals surface area contributed by atoms with Crippen molar-refractivity contribution in [3.05, 3.63) is 54.5 Å². The van der Waals surface area contributed by atoms with Gasteiger partial charge in [-0.15, -0.1) is 0 Å². The molecule has 2 saturated heterocycles. The van der Waals surface area contributed by atoms with Crippen molar-refractivity contribution in [3.8, 4) is 11.1 Å². The minimum Gasteiger partial charge on any atom is -0.374 e. The van der Waals surface area contributed by atoms with E-state index in [4.69, 9.17) is 4.74 Å². The van der Waals surface area contributed by atoms with E-state index in [0.29, 0.717) is 13.0 Å². The molecule has 1 aromatic carbocycles. The quantitative estimate of drug-likeness (QED) is 0.697. The Balaban J connectivity index is 1.34. The molecule has 0 aliphatic carbocycles. The van der Waals surface area contributed by atoms with Crippen molar-refractivity contribution in [1.82, 2.24) is 24.4 Å². The summed E-state index contributed by atoms with van der Waals surface area (Å²) in [6.07, 6.45) is 6.39. The Kier molecular flexibility index (Phi) is 4.33. The number of benzene rings is 1. The van der Waals surface area contributed by atoms with Gasteiger partial charge in [0.05, 0.1) is 31.4 Å². The highest BCUT2D eigenvalue weighted by molar-refractivity contribution is 5.77. The summed E-state index contributed by atoms with van der Waals surface area (Å²) in [7, 11) is 1.89. The summed E-state index contributed by atoms with van der Waals surface area (Å²) in [5, 5.41) is 4.49. The van der Waals surface area contributed by atoms with Gasteiger partial charge < -0.3 is 9.64 Å². The van der Waals surface area contributed by atoms with Gasteiger partial charge in [-0.1, -0.05) is 30.3 Å². The fourth-order valence-corrected chi connectivity index (χ4v) is 4.23. The van der Waals surface area contributed by atoms with E-state index in [1.807, 2.05) is 53.3 Å². The molecule has 0 unspecified atom stereocenters. The average Bonchev–Trinajstić information content (AvgIpc) is 3.28. The highest BCUT2D eigenvalue weighted by atomic mass is 16.5. The van der Waals surface area contributed by atoms with Crippen LogP contribution < -0.4 is 0 Å².